The summed E-state index contributed by atoms with van der Waals surface area (Å²) < 4.78 is 39.0. The number of benzene rings is 1. The van der Waals surface area contributed by atoms with E-state index >= 15 is 0 Å². The van der Waals surface area contributed by atoms with Crippen LogP contribution in [0.4, 0.5) is 19.0 Å². The smallest absolute Gasteiger partial charge is 0.383 e. The average molecular weight is 495 g/mol. The van der Waals surface area contributed by atoms with E-state index in [1.807, 2.05) is 5.38 Å². The number of thiazole rings is 1. The number of likely N-dealkylation sites (tertiary alicyclic amines) is 1. The number of carbonyl (C=O) groups excluding carboxylic acids is 1. The van der Waals surface area contributed by atoms with Crippen molar-refractivity contribution in [1.29, 1.82) is 0 Å². The molecule has 2 fully saturated rings. The molecule has 1 saturated heterocycles. The van der Waals surface area contributed by atoms with Crippen molar-refractivity contribution in [3.05, 3.63) is 40.3 Å². The van der Waals surface area contributed by atoms with Gasteiger partial charge in [0.25, 0.3) is 0 Å². The molecule has 34 heavy (non-hydrogen) atoms. The Bertz CT molecular complexity index is 1150. The number of amides is 1. The number of H-pyrrole nitrogens is 1. The predicted octanol–water partition coefficient (Wildman–Crippen LogP) is 3.08. The Balaban J connectivity index is 1.08. The first-order valence-corrected chi connectivity index (χ1v) is 12.0. The van der Waals surface area contributed by atoms with Gasteiger partial charge in [0.15, 0.2) is 5.82 Å². The Morgan fingerprint density at radius 3 is 2.74 bits per heavy atom. The number of nitrogens with one attached hydrogen (secondary N) is 3. The van der Waals surface area contributed by atoms with Crippen LogP contribution in [0.5, 0.6) is 0 Å². The van der Waals surface area contributed by atoms with Crippen molar-refractivity contribution in [2.24, 2.45) is 0 Å². The molecule has 0 bridgehead atoms. The largest absolute Gasteiger partial charge is 0.416 e. The SMILES string of the molecule is O=C(CNc1n[nH]c2ccc(C(F)(F)F)cc12)NC1CN(C2CCC(O)(c3nccs3)CC2)C1. The monoisotopic (exact) mass is 494 g/mol. The third-order valence-electron chi connectivity index (χ3n) is 6.71. The Hall–Kier alpha value is -2.70. The van der Waals surface area contributed by atoms with Gasteiger partial charge in [-0.05, 0) is 43.9 Å². The summed E-state index contributed by atoms with van der Waals surface area (Å²) in [4.78, 5) is 18.9. The van der Waals surface area contributed by atoms with Gasteiger partial charge in [-0.3, -0.25) is 14.8 Å². The lowest BCUT2D eigenvalue weighted by molar-refractivity contribution is -0.137. The molecular formula is C22H25F3N6O2S. The van der Waals surface area contributed by atoms with Gasteiger partial charge in [-0.15, -0.1) is 11.3 Å². The number of aliphatic hydroxyl groups is 1. The summed E-state index contributed by atoms with van der Waals surface area (Å²) in [5.74, 6) is -0.0315. The molecule has 1 saturated carbocycles. The van der Waals surface area contributed by atoms with Crippen LogP contribution in [0.25, 0.3) is 10.9 Å². The maximum Gasteiger partial charge on any atom is 0.416 e. The van der Waals surface area contributed by atoms with Crippen LogP contribution in [0.3, 0.4) is 0 Å². The van der Waals surface area contributed by atoms with E-state index in [0.717, 1.165) is 43.1 Å². The van der Waals surface area contributed by atoms with E-state index in [1.165, 1.54) is 17.4 Å². The second-order valence-corrected chi connectivity index (χ2v) is 9.90. The van der Waals surface area contributed by atoms with Crippen molar-refractivity contribution in [3.63, 3.8) is 0 Å². The maximum atomic E-state index is 13.0. The lowest BCUT2D eigenvalue weighted by Crippen LogP contribution is -2.63. The Morgan fingerprint density at radius 1 is 1.29 bits per heavy atom. The normalized spacial score (nSPS) is 24.2. The second-order valence-electron chi connectivity index (χ2n) is 9.00. The van der Waals surface area contributed by atoms with E-state index in [9.17, 15) is 23.1 Å². The van der Waals surface area contributed by atoms with Crippen LogP contribution in [0.2, 0.25) is 0 Å². The van der Waals surface area contributed by atoms with Gasteiger partial charge in [-0.1, -0.05) is 0 Å². The van der Waals surface area contributed by atoms with Gasteiger partial charge in [-0.2, -0.15) is 18.3 Å². The molecule has 3 heterocycles. The number of aromatic nitrogens is 3. The van der Waals surface area contributed by atoms with Crippen molar-refractivity contribution in [1.82, 2.24) is 25.4 Å². The number of carbonyl (C=O) groups is 1. The third-order valence-corrected chi connectivity index (χ3v) is 7.68. The Kier molecular flexibility index (Phi) is 5.98. The highest BCUT2D eigenvalue weighted by Crippen LogP contribution is 2.40. The molecule has 4 N–H and O–H groups in total. The minimum atomic E-state index is -4.45. The highest BCUT2D eigenvalue weighted by atomic mass is 32.1. The van der Waals surface area contributed by atoms with Gasteiger partial charge >= 0.3 is 6.18 Å². The Labute approximate surface area is 197 Å². The number of halogens is 3. The molecule has 5 rings (SSSR count). The molecule has 12 heteroatoms. The van der Waals surface area contributed by atoms with Crippen molar-refractivity contribution in [2.45, 2.75) is 49.5 Å². The highest BCUT2D eigenvalue weighted by Gasteiger charge is 2.41. The molecule has 2 aromatic heterocycles. The maximum absolute atomic E-state index is 13.0. The van der Waals surface area contributed by atoms with Gasteiger partial charge in [0.1, 0.15) is 10.6 Å². The molecule has 2 aliphatic rings. The molecule has 1 amide bonds. The first-order chi connectivity index (χ1) is 16.2. The van der Waals surface area contributed by atoms with Crippen LogP contribution in [0.1, 0.15) is 36.3 Å². The topological polar surface area (TPSA) is 106 Å². The summed E-state index contributed by atoms with van der Waals surface area (Å²) in [6, 6.07) is 3.74. The second kappa shape index (κ2) is 8.82. The van der Waals surface area contributed by atoms with E-state index in [0.29, 0.717) is 24.4 Å². The molecule has 8 nitrogen and oxygen atoms in total. The number of aromatic amines is 1. The number of hydrogen-bond donors (Lipinski definition) is 4. The third kappa shape index (κ3) is 4.62. The number of rotatable bonds is 6. The van der Waals surface area contributed by atoms with Gasteiger partial charge in [0.05, 0.1) is 23.7 Å². The molecule has 1 aliphatic heterocycles. The molecule has 0 radical (unpaired) electrons. The highest BCUT2D eigenvalue weighted by molar-refractivity contribution is 7.09. The molecular weight excluding hydrogens is 469 g/mol. The summed E-state index contributed by atoms with van der Waals surface area (Å²) in [6.07, 6.45) is 0.380. The summed E-state index contributed by atoms with van der Waals surface area (Å²) in [7, 11) is 0. The summed E-state index contributed by atoms with van der Waals surface area (Å²) in [5, 5.41) is 26.2. The van der Waals surface area contributed by atoms with E-state index in [-0.39, 0.29) is 29.7 Å². The van der Waals surface area contributed by atoms with Crippen molar-refractivity contribution in [2.75, 3.05) is 25.0 Å². The molecule has 1 aromatic carbocycles. The van der Waals surface area contributed by atoms with Crippen LogP contribution in [-0.2, 0) is 16.6 Å². The van der Waals surface area contributed by atoms with Gasteiger partial charge < -0.3 is 15.7 Å². The van der Waals surface area contributed by atoms with E-state index in [2.05, 4.69) is 30.7 Å². The quantitative estimate of drug-likeness (QED) is 0.420. The van der Waals surface area contributed by atoms with Gasteiger partial charge in [0, 0.05) is 36.1 Å². The molecule has 182 valence electrons. The predicted molar refractivity (Wildman–Crippen MR) is 121 cm³/mol. The first kappa shape index (κ1) is 23.1. The zero-order valence-corrected chi connectivity index (χ0v) is 19.0. The lowest BCUT2D eigenvalue weighted by atomic mass is 9.81. The number of nitrogens with zero attached hydrogens (tertiary/aromatic N) is 3. The summed E-state index contributed by atoms with van der Waals surface area (Å²) in [6.45, 7) is 1.40. The summed E-state index contributed by atoms with van der Waals surface area (Å²) in [5.41, 5.74) is -1.14. The van der Waals surface area contributed by atoms with Crippen LogP contribution in [-0.4, -0.2) is 62.8 Å². The lowest BCUT2D eigenvalue weighted by Gasteiger charge is -2.47. The fourth-order valence-electron chi connectivity index (χ4n) is 4.78. The minimum absolute atomic E-state index is 0.0295. The molecule has 0 unspecified atom stereocenters. The minimum Gasteiger partial charge on any atom is -0.383 e. The Morgan fingerprint density at radius 2 is 2.06 bits per heavy atom. The number of alkyl halides is 3. The molecule has 3 aromatic rings. The van der Waals surface area contributed by atoms with Crippen LogP contribution >= 0.6 is 11.3 Å². The van der Waals surface area contributed by atoms with Gasteiger partial charge in [-0.25, -0.2) is 4.98 Å². The van der Waals surface area contributed by atoms with Crippen LogP contribution in [0.15, 0.2) is 29.8 Å². The molecule has 0 atom stereocenters. The summed E-state index contributed by atoms with van der Waals surface area (Å²) >= 11 is 1.49. The molecule has 0 spiro atoms. The van der Waals surface area contributed by atoms with Crippen LogP contribution < -0.4 is 10.6 Å². The fourth-order valence-corrected chi connectivity index (χ4v) is 5.58. The van der Waals surface area contributed by atoms with E-state index in [4.69, 9.17) is 0 Å². The van der Waals surface area contributed by atoms with Crippen molar-refractivity contribution < 1.29 is 23.1 Å². The first-order valence-electron chi connectivity index (χ1n) is 11.2. The number of fused-ring (bicyclic) bond motifs is 1. The van der Waals surface area contributed by atoms with E-state index < -0.39 is 17.3 Å². The van der Waals surface area contributed by atoms with Gasteiger partial charge in [0.2, 0.25) is 5.91 Å². The van der Waals surface area contributed by atoms with Crippen LogP contribution in [0, 0.1) is 0 Å². The molecule has 1 aliphatic carbocycles. The average Bonchev–Trinajstić information content (AvgIpc) is 3.45. The zero-order valence-electron chi connectivity index (χ0n) is 18.2. The number of anilines is 1. The number of hydrogen-bond acceptors (Lipinski definition) is 7. The van der Waals surface area contributed by atoms with Crippen molar-refractivity contribution >= 4 is 34.0 Å². The van der Waals surface area contributed by atoms with E-state index in [1.54, 1.807) is 6.20 Å². The fraction of sp³-hybridized carbons (Fsp3) is 0.500. The standard InChI is InChI=1S/C22H25F3N6O2S/c23-22(24,25)13-1-2-17-16(9-13)19(30-29-17)27-10-18(32)28-14-11-31(12-14)15-3-5-21(33,6-4-15)20-26-7-8-34-20/h1-2,7-9,14-15,33H,3-6,10-12H2,(H,28,32)(H2,27,29,30). The van der Waals surface area contributed by atoms with Crippen molar-refractivity contribution in [3.8, 4) is 0 Å². The zero-order chi connectivity index (χ0) is 23.9.